The highest BCUT2D eigenvalue weighted by Crippen LogP contribution is 2.34. The summed E-state index contributed by atoms with van der Waals surface area (Å²) < 4.78 is 0. The molecule has 2 N–H and O–H groups in total. The first-order valence-corrected chi connectivity index (χ1v) is 7.19. The van der Waals surface area contributed by atoms with Crippen molar-refractivity contribution in [2.45, 2.75) is 24.9 Å². The first kappa shape index (κ1) is 13.8. The molecule has 108 valence electrons. The van der Waals surface area contributed by atoms with Gasteiger partial charge in [0.1, 0.15) is 11.3 Å². The summed E-state index contributed by atoms with van der Waals surface area (Å²) in [6.45, 7) is 0.208. The minimum Gasteiger partial charge on any atom is -0.383 e. The molecule has 2 aromatic rings. The van der Waals surface area contributed by atoms with Crippen molar-refractivity contribution in [2.75, 3.05) is 6.54 Å². The summed E-state index contributed by atoms with van der Waals surface area (Å²) in [5.74, 6) is -0.257. The molecule has 4 nitrogen and oxygen atoms in total. The Morgan fingerprint density at radius 3 is 2.86 bits per heavy atom. The lowest BCUT2D eigenvalue weighted by atomic mass is 9.79. The van der Waals surface area contributed by atoms with Crippen LogP contribution in [-0.2, 0) is 12.0 Å². The molecular weight excluding hydrogens is 264 g/mol. The Morgan fingerprint density at radius 2 is 2.05 bits per heavy atom. The van der Waals surface area contributed by atoms with E-state index in [1.807, 2.05) is 24.3 Å². The van der Waals surface area contributed by atoms with Gasteiger partial charge in [-0.15, -0.1) is 0 Å². The van der Waals surface area contributed by atoms with Crippen molar-refractivity contribution >= 4 is 5.91 Å². The number of pyridine rings is 1. The van der Waals surface area contributed by atoms with Crippen LogP contribution >= 0.6 is 0 Å². The van der Waals surface area contributed by atoms with Gasteiger partial charge in [0.25, 0.3) is 5.91 Å². The van der Waals surface area contributed by atoms with Gasteiger partial charge in [0.2, 0.25) is 0 Å². The highest BCUT2D eigenvalue weighted by molar-refractivity contribution is 5.92. The van der Waals surface area contributed by atoms with Gasteiger partial charge in [-0.25, -0.2) is 0 Å². The topological polar surface area (TPSA) is 62.2 Å². The fourth-order valence-corrected chi connectivity index (χ4v) is 2.90. The van der Waals surface area contributed by atoms with Crippen LogP contribution in [0.15, 0.2) is 48.7 Å². The molecule has 4 heteroatoms. The number of carbonyl (C=O) groups excluding carboxylic acids is 1. The van der Waals surface area contributed by atoms with Gasteiger partial charge in [-0.3, -0.25) is 9.78 Å². The van der Waals surface area contributed by atoms with Crippen LogP contribution in [0.4, 0.5) is 0 Å². The molecular formula is C17H18N2O2. The Hall–Kier alpha value is -2.20. The molecule has 3 rings (SSSR count). The zero-order valence-corrected chi connectivity index (χ0v) is 11.7. The van der Waals surface area contributed by atoms with Gasteiger partial charge in [0.15, 0.2) is 0 Å². The summed E-state index contributed by atoms with van der Waals surface area (Å²) in [5, 5.41) is 13.7. The fourth-order valence-electron chi connectivity index (χ4n) is 2.90. The lowest BCUT2D eigenvalue weighted by molar-refractivity contribution is 0.0189. The van der Waals surface area contributed by atoms with Crippen molar-refractivity contribution in [1.29, 1.82) is 0 Å². The molecule has 0 fully saturated rings. The maximum absolute atomic E-state index is 12.1. The van der Waals surface area contributed by atoms with Crippen LogP contribution in [0.25, 0.3) is 0 Å². The number of amides is 1. The van der Waals surface area contributed by atoms with E-state index in [-0.39, 0.29) is 12.5 Å². The minimum atomic E-state index is -0.987. The van der Waals surface area contributed by atoms with E-state index in [0.717, 1.165) is 18.4 Å². The third-order valence-corrected chi connectivity index (χ3v) is 3.99. The molecule has 0 radical (unpaired) electrons. The van der Waals surface area contributed by atoms with E-state index in [9.17, 15) is 9.90 Å². The second-order valence-electron chi connectivity index (χ2n) is 5.44. The van der Waals surface area contributed by atoms with Gasteiger partial charge >= 0.3 is 0 Å². The van der Waals surface area contributed by atoms with Crippen LogP contribution in [0.2, 0.25) is 0 Å². The highest BCUT2D eigenvalue weighted by Gasteiger charge is 2.34. The van der Waals surface area contributed by atoms with Gasteiger partial charge < -0.3 is 10.4 Å². The van der Waals surface area contributed by atoms with E-state index < -0.39 is 5.60 Å². The van der Waals surface area contributed by atoms with Crippen LogP contribution < -0.4 is 5.32 Å². The standard InChI is InChI=1S/C17H18N2O2/c20-16(15-9-3-4-11-18-15)19-12-17(21)10-5-7-13-6-1-2-8-14(13)17/h1-4,6,8-9,11,21H,5,7,10,12H2,(H,19,20)/t17-/m0/s1. The number of aryl methyl sites for hydroxylation is 1. The van der Waals surface area contributed by atoms with Crippen molar-refractivity contribution in [3.8, 4) is 0 Å². The molecule has 1 aliphatic carbocycles. The number of hydrogen-bond acceptors (Lipinski definition) is 3. The predicted octanol–water partition coefficient (Wildman–Crippen LogP) is 2.04. The summed E-state index contributed by atoms with van der Waals surface area (Å²) in [4.78, 5) is 16.1. The molecule has 1 heterocycles. The summed E-state index contributed by atoms with van der Waals surface area (Å²) in [5.41, 5.74) is 1.47. The van der Waals surface area contributed by atoms with Crippen molar-refractivity contribution in [3.63, 3.8) is 0 Å². The summed E-state index contributed by atoms with van der Waals surface area (Å²) in [6, 6.07) is 13.1. The number of carbonyl (C=O) groups is 1. The number of benzene rings is 1. The Morgan fingerprint density at radius 1 is 1.24 bits per heavy atom. The van der Waals surface area contributed by atoms with E-state index >= 15 is 0 Å². The number of nitrogens with one attached hydrogen (secondary N) is 1. The second kappa shape index (κ2) is 5.66. The smallest absolute Gasteiger partial charge is 0.269 e. The Kier molecular flexibility index (Phi) is 3.71. The third-order valence-electron chi connectivity index (χ3n) is 3.99. The molecule has 1 aliphatic rings. The molecule has 1 aromatic heterocycles. The summed E-state index contributed by atoms with van der Waals surface area (Å²) in [6.07, 6.45) is 4.14. The lowest BCUT2D eigenvalue weighted by Gasteiger charge is -2.34. The normalized spacial score (nSPS) is 20.6. The average molecular weight is 282 g/mol. The Labute approximate surface area is 123 Å². The van der Waals surface area contributed by atoms with Gasteiger partial charge in [-0.2, -0.15) is 0 Å². The molecule has 0 bridgehead atoms. The van der Waals surface area contributed by atoms with Crippen LogP contribution in [0.3, 0.4) is 0 Å². The Bertz CT molecular complexity index is 642. The van der Waals surface area contributed by atoms with E-state index in [1.165, 1.54) is 5.56 Å². The molecule has 0 saturated heterocycles. The fraction of sp³-hybridized carbons (Fsp3) is 0.294. The summed E-state index contributed by atoms with van der Waals surface area (Å²) in [7, 11) is 0. The molecule has 0 spiro atoms. The van der Waals surface area contributed by atoms with Crippen molar-refractivity contribution < 1.29 is 9.90 Å². The van der Waals surface area contributed by atoms with E-state index in [1.54, 1.807) is 24.4 Å². The van der Waals surface area contributed by atoms with Gasteiger partial charge in [0.05, 0.1) is 6.54 Å². The zero-order valence-electron chi connectivity index (χ0n) is 11.7. The first-order chi connectivity index (χ1) is 10.2. The van der Waals surface area contributed by atoms with Gasteiger partial charge in [0, 0.05) is 6.20 Å². The monoisotopic (exact) mass is 282 g/mol. The number of fused-ring (bicyclic) bond motifs is 1. The maximum Gasteiger partial charge on any atom is 0.269 e. The molecule has 21 heavy (non-hydrogen) atoms. The average Bonchev–Trinajstić information content (AvgIpc) is 2.54. The Balaban J connectivity index is 1.75. The van der Waals surface area contributed by atoms with Crippen LogP contribution in [0, 0.1) is 0 Å². The van der Waals surface area contributed by atoms with E-state index in [0.29, 0.717) is 12.1 Å². The highest BCUT2D eigenvalue weighted by atomic mass is 16.3. The van der Waals surface area contributed by atoms with Crippen molar-refractivity contribution in [1.82, 2.24) is 10.3 Å². The van der Waals surface area contributed by atoms with E-state index in [2.05, 4.69) is 10.3 Å². The van der Waals surface area contributed by atoms with E-state index in [4.69, 9.17) is 0 Å². The maximum atomic E-state index is 12.1. The molecule has 0 aliphatic heterocycles. The second-order valence-corrected chi connectivity index (χ2v) is 5.44. The van der Waals surface area contributed by atoms with Crippen molar-refractivity contribution in [3.05, 3.63) is 65.5 Å². The largest absolute Gasteiger partial charge is 0.383 e. The van der Waals surface area contributed by atoms with Crippen LogP contribution in [0.5, 0.6) is 0 Å². The van der Waals surface area contributed by atoms with Crippen LogP contribution in [-0.4, -0.2) is 22.5 Å². The number of aromatic nitrogens is 1. The molecule has 1 aromatic carbocycles. The lowest BCUT2D eigenvalue weighted by Crippen LogP contribution is -2.43. The quantitative estimate of drug-likeness (QED) is 0.905. The SMILES string of the molecule is O=C(NC[C@@]1(O)CCCc2ccccc21)c1ccccn1. The number of nitrogens with zero attached hydrogens (tertiary/aromatic N) is 1. The van der Waals surface area contributed by atoms with Gasteiger partial charge in [-0.05, 0) is 42.5 Å². The number of hydrogen-bond donors (Lipinski definition) is 2. The predicted molar refractivity (Wildman–Crippen MR) is 79.8 cm³/mol. The summed E-state index contributed by atoms with van der Waals surface area (Å²) >= 11 is 0. The van der Waals surface area contributed by atoms with Crippen molar-refractivity contribution in [2.24, 2.45) is 0 Å². The van der Waals surface area contributed by atoms with Gasteiger partial charge in [-0.1, -0.05) is 30.3 Å². The molecule has 0 unspecified atom stereocenters. The first-order valence-electron chi connectivity index (χ1n) is 7.19. The minimum absolute atomic E-state index is 0.208. The number of aliphatic hydroxyl groups is 1. The molecule has 0 saturated carbocycles. The molecule has 1 atom stereocenters. The third kappa shape index (κ3) is 2.81. The number of rotatable bonds is 3. The van der Waals surface area contributed by atoms with Crippen LogP contribution in [0.1, 0.15) is 34.5 Å². The zero-order chi connectivity index (χ0) is 14.7. The molecule has 1 amide bonds.